The number of nitrogens with two attached hydrogens (primary N) is 1. The predicted molar refractivity (Wildman–Crippen MR) is 120 cm³/mol. The van der Waals surface area contributed by atoms with E-state index in [1.54, 1.807) is 12.3 Å². The number of nitrogens with zero attached hydrogens (tertiary/aromatic N) is 1. The van der Waals surface area contributed by atoms with Gasteiger partial charge in [0, 0.05) is 25.6 Å². The van der Waals surface area contributed by atoms with Crippen LogP contribution in [-0.4, -0.2) is 22.8 Å². The summed E-state index contributed by atoms with van der Waals surface area (Å²) in [6.07, 6.45) is 2.42. The molecule has 0 fully saturated rings. The van der Waals surface area contributed by atoms with Crippen LogP contribution in [0.4, 0.5) is 5.82 Å². The minimum Gasteiger partial charge on any atom is -0.384 e. The van der Waals surface area contributed by atoms with Crippen molar-refractivity contribution in [3.63, 3.8) is 0 Å². The van der Waals surface area contributed by atoms with Crippen LogP contribution in [0.1, 0.15) is 31.4 Å². The third-order valence-corrected chi connectivity index (χ3v) is 4.86. The first-order chi connectivity index (χ1) is 14.4. The Labute approximate surface area is 176 Å². The molecule has 2 aromatic carbocycles. The van der Waals surface area contributed by atoms with Crippen molar-refractivity contribution in [1.29, 1.82) is 0 Å². The van der Waals surface area contributed by atoms with Gasteiger partial charge in [0.05, 0.1) is 0 Å². The second kappa shape index (κ2) is 9.87. The molecule has 0 spiro atoms. The first kappa shape index (κ1) is 21.3. The number of anilines is 1. The van der Waals surface area contributed by atoms with Gasteiger partial charge < -0.3 is 16.4 Å². The molecule has 0 radical (unpaired) electrons. The lowest BCUT2D eigenvalue weighted by Crippen LogP contribution is -2.48. The maximum Gasteiger partial charge on any atom is 0.243 e. The Morgan fingerprint density at radius 3 is 2.53 bits per heavy atom. The van der Waals surface area contributed by atoms with E-state index in [1.807, 2.05) is 62.4 Å². The summed E-state index contributed by atoms with van der Waals surface area (Å²) in [6, 6.07) is 16.9. The van der Waals surface area contributed by atoms with Crippen molar-refractivity contribution in [2.24, 2.45) is 5.92 Å². The Morgan fingerprint density at radius 1 is 1.03 bits per heavy atom. The molecule has 156 valence electrons. The van der Waals surface area contributed by atoms with Crippen LogP contribution in [0.25, 0.3) is 10.8 Å². The minimum absolute atomic E-state index is 0.125. The molecule has 1 aromatic heterocycles. The van der Waals surface area contributed by atoms with E-state index in [4.69, 9.17) is 5.73 Å². The predicted octanol–water partition coefficient (Wildman–Crippen LogP) is 3.21. The zero-order valence-electron chi connectivity index (χ0n) is 17.4. The number of pyridine rings is 1. The number of nitrogen functional groups attached to an aromatic ring is 1. The zero-order valence-corrected chi connectivity index (χ0v) is 17.4. The molecule has 6 heteroatoms. The lowest BCUT2D eigenvalue weighted by molar-refractivity contribution is -0.129. The topological polar surface area (TPSA) is 97.1 Å². The van der Waals surface area contributed by atoms with Crippen LogP contribution < -0.4 is 16.4 Å². The average molecular weight is 405 g/mol. The molecule has 3 rings (SSSR count). The van der Waals surface area contributed by atoms with Crippen molar-refractivity contribution >= 4 is 28.4 Å². The quantitative estimate of drug-likeness (QED) is 0.537. The van der Waals surface area contributed by atoms with Gasteiger partial charge in [0.2, 0.25) is 11.8 Å². The van der Waals surface area contributed by atoms with Crippen LogP contribution in [-0.2, 0) is 22.6 Å². The van der Waals surface area contributed by atoms with E-state index >= 15 is 0 Å². The van der Waals surface area contributed by atoms with Gasteiger partial charge in [-0.25, -0.2) is 4.98 Å². The Hall–Kier alpha value is -3.41. The third kappa shape index (κ3) is 5.80. The lowest BCUT2D eigenvalue weighted by Gasteiger charge is -2.20. The summed E-state index contributed by atoms with van der Waals surface area (Å²) in [7, 11) is 0. The fourth-order valence-electron chi connectivity index (χ4n) is 3.38. The molecule has 0 saturated heterocycles. The maximum atomic E-state index is 13.0. The summed E-state index contributed by atoms with van der Waals surface area (Å²) >= 11 is 0. The largest absolute Gasteiger partial charge is 0.384 e. The van der Waals surface area contributed by atoms with Crippen LogP contribution in [0.2, 0.25) is 0 Å². The number of carbonyl (C=O) groups is 2. The molecule has 0 aliphatic rings. The zero-order chi connectivity index (χ0) is 21.5. The van der Waals surface area contributed by atoms with Gasteiger partial charge in [0.1, 0.15) is 11.9 Å². The molecular formula is C24H28N4O2. The molecule has 2 amide bonds. The molecule has 0 aliphatic heterocycles. The van der Waals surface area contributed by atoms with Crippen LogP contribution in [0.15, 0.2) is 60.8 Å². The fourth-order valence-corrected chi connectivity index (χ4v) is 3.38. The van der Waals surface area contributed by atoms with Crippen LogP contribution in [0, 0.1) is 5.92 Å². The normalized spacial score (nSPS) is 12.0. The molecule has 0 saturated carbocycles. The van der Waals surface area contributed by atoms with E-state index in [-0.39, 0.29) is 17.7 Å². The summed E-state index contributed by atoms with van der Waals surface area (Å²) in [5, 5.41) is 8.02. The SMILES string of the molecule is CC(C)CC(=O)N[C@@H](Cc1cccc2ccccc12)C(=O)NCc1ccc(N)nc1. The second-order valence-electron chi connectivity index (χ2n) is 7.87. The van der Waals surface area contributed by atoms with Gasteiger partial charge in [-0.05, 0) is 33.9 Å². The molecule has 0 unspecified atom stereocenters. The highest BCUT2D eigenvalue weighted by molar-refractivity contribution is 5.90. The molecular weight excluding hydrogens is 376 g/mol. The van der Waals surface area contributed by atoms with E-state index < -0.39 is 6.04 Å². The lowest BCUT2D eigenvalue weighted by atomic mass is 9.98. The standard InChI is InChI=1S/C24H28N4O2/c1-16(2)12-23(29)28-21(24(30)27-15-17-10-11-22(25)26-14-17)13-19-8-5-7-18-6-3-4-9-20(18)19/h3-11,14,16,21H,12-13,15H2,1-2H3,(H2,25,26)(H,27,30)(H,28,29)/t21-/m0/s1. The number of carbonyl (C=O) groups excluding carboxylic acids is 2. The molecule has 6 nitrogen and oxygen atoms in total. The minimum atomic E-state index is -0.663. The number of aromatic nitrogens is 1. The first-order valence-corrected chi connectivity index (χ1v) is 10.2. The van der Waals surface area contributed by atoms with Crippen LogP contribution in [0.3, 0.4) is 0 Å². The second-order valence-corrected chi connectivity index (χ2v) is 7.87. The average Bonchev–Trinajstić information content (AvgIpc) is 2.72. The number of amides is 2. The van der Waals surface area contributed by atoms with Gasteiger partial charge >= 0.3 is 0 Å². The summed E-state index contributed by atoms with van der Waals surface area (Å²) in [4.78, 5) is 29.4. The van der Waals surface area contributed by atoms with Gasteiger partial charge in [0.25, 0.3) is 0 Å². The van der Waals surface area contributed by atoms with Crippen LogP contribution in [0.5, 0.6) is 0 Å². The van der Waals surface area contributed by atoms with Crippen molar-refractivity contribution in [1.82, 2.24) is 15.6 Å². The van der Waals surface area contributed by atoms with Crippen molar-refractivity contribution in [3.8, 4) is 0 Å². The highest BCUT2D eigenvalue weighted by Crippen LogP contribution is 2.20. The van der Waals surface area contributed by atoms with Gasteiger partial charge in [-0.3, -0.25) is 9.59 Å². The van der Waals surface area contributed by atoms with Gasteiger partial charge in [0.15, 0.2) is 0 Å². The number of fused-ring (bicyclic) bond motifs is 1. The van der Waals surface area contributed by atoms with E-state index in [9.17, 15) is 9.59 Å². The maximum absolute atomic E-state index is 13.0. The Balaban J connectivity index is 1.77. The molecule has 0 bridgehead atoms. The van der Waals surface area contributed by atoms with Gasteiger partial charge in [-0.15, -0.1) is 0 Å². The number of nitrogens with one attached hydrogen (secondary N) is 2. The van der Waals surface area contributed by atoms with E-state index in [2.05, 4.69) is 15.6 Å². The number of hydrogen-bond acceptors (Lipinski definition) is 4. The number of rotatable bonds is 8. The Kier molecular flexibility index (Phi) is 7.01. The highest BCUT2D eigenvalue weighted by Gasteiger charge is 2.22. The monoisotopic (exact) mass is 404 g/mol. The fraction of sp³-hybridized carbons (Fsp3) is 0.292. The number of hydrogen-bond donors (Lipinski definition) is 3. The van der Waals surface area contributed by atoms with E-state index in [0.29, 0.717) is 25.2 Å². The molecule has 3 aromatic rings. The molecule has 0 aliphatic carbocycles. The highest BCUT2D eigenvalue weighted by atomic mass is 16.2. The summed E-state index contributed by atoms with van der Waals surface area (Å²) in [5.74, 6) is 0.295. The molecule has 1 heterocycles. The first-order valence-electron chi connectivity index (χ1n) is 10.2. The molecule has 30 heavy (non-hydrogen) atoms. The Bertz CT molecular complexity index is 1010. The summed E-state index contributed by atoms with van der Waals surface area (Å²) in [6.45, 7) is 4.28. The summed E-state index contributed by atoms with van der Waals surface area (Å²) < 4.78 is 0. The van der Waals surface area contributed by atoms with E-state index in [0.717, 1.165) is 21.9 Å². The smallest absolute Gasteiger partial charge is 0.243 e. The van der Waals surface area contributed by atoms with Gasteiger partial charge in [-0.1, -0.05) is 62.4 Å². The number of benzene rings is 2. The van der Waals surface area contributed by atoms with Crippen LogP contribution >= 0.6 is 0 Å². The van der Waals surface area contributed by atoms with Crippen molar-refractivity contribution in [2.75, 3.05) is 5.73 Å². The Morgan fingerprint density at radius 2 is 1.80 bits per heavy atom. The third-order valence-electron chi connectivity index (χ3n) is 4.86. The van der Waals surface area contributed by atoms with Crippen molar-refractivity contribution in [2.45, 2.75) is 39.3 Å². The molecule has 1 atom stereocenters. The summed E-state index contributed by atoms with van der Waals surface area (Å²) in [5.41, 5.74) is 7.47. The van der Waals surface area contributed by atoms with Gasteiger partial charge in [-0.2, -0.15) is 0 Å². The molecule has 4 N–H and O–H groups in total. The van der Waals surface area contributed by atoms with Crippen molar-refractivity contribution < 1.29 is 9.59 Å². The van der Waals surface area contributed by atoms with E-state index in [1.165, 1.54) is 0 Å². The van der Waals surface area contributed by atoms with Crippen molar-refractivity contribution in [3.05, 3.63) is 71.9 Å².